The van der Waals surface area contributed by atoms with Gasteiger partial charge in [-0.2, -0.15) is 5.26 Å². The quantitative estimate of drug-likeness (QED) is 0.477. The molecule has 0 aliphatic carbocycles. The van der Waals surface area contributed by atoms with Crippen molar-refractivity contribution in [3.8, 4) is 6.07 Å². The van der Waals surface area contributed by atoms with Crippen LogP contribution < -0.4 is 0 Å². The van der Waals surface area contributed by atoms with Gasteiger partial charge in [0.1, 0.15) is 6.07 Å². The third-order valence-corrected chi connectivity index (χ3v) is 1.17. The van der Waals surface area contributed by atoms with Crippen molar-refractivity contribution in [2.24, 2.45) is 0 Å². The minimum Gasteiger partial charge on any atom is -0.297 e. The van der Waals surface area contributed by atoms with Crippen LogP contribution in [0.3, 0.4) is 0 Å². The van der Waals surface area contributed by atoms with E-state index in [1.165, 1.54) is 18.2 Å². The van der Waals surface area contributed by atoms with Gasteiger partial charge in [0.25, 0.3) is 0 Å². The number of hydrogen-bond donors (Lipinski definition) is 2. The molecule has 0 unspecified atom stereocenters. The van der Waals surface area contributed by atoms with E-state index in [0.717, 1.165) is 0 Å². The minimum absolute atomic E-state index is 0.132. The largest absolute Gasteiger partial charge is 0.297 e. The van der Waals surface area contributed by atoms with Crippen LogP contribution in [0.4, 0.5) is 0 Å². The molecule has 0 aromatic heterocycles. The predicted octanol–water partition coefficient (Wildman–Crippen LogP) is 1.85. The number of hydrogen-bond acceptors (Lipinski definition) is 3. The maximum Gasteiger partial charge on any atom is 0.157 e. The van der Waals surface area contributed by atoms with Gasteiger partial charge in [0.2, 0.25) is 0 Å². The van der Waals surface area contributed by atoms with Crippen LogP contribution in [0.2, 0.25) is 0 Å². The number of rotatable bonds is 4. The normalized spacial score (nSPS) is 9.75. The summed E-state index contributed by atoms with van der Waals surface area (Å²) in [5.74, 6) is 0. The van der Waals surface area contributed by atoms with E-state index in [1.807, 2.05) is 0 Å². The monoisotopic (exact) mass is 159 g/mol. The molecule has 0 atom stereocenters. The van der Waals surface area contributed by atoms with Gasteiger partial charge in [-0.05, 0) is 0 Å². The summed E-state index contributed by atoms with van der Waals surface area (Å²) >= 11 is 0. The molecule has 0 saturated heterocycles. The van der Waals surface area contributed by atoms with Gasteiger partial charge in [-0.25, -0.2) is 0 Å². The van der Waals surface area contributed by atoms with E-state index < -0.39 is 0 Å². The highest BCUT2D eigenvalue weighted by Crippen LogP contribution is 1.99. The van der Waals surface area contributed by atoms with Gasteiger partial charge in [0.15, 0.2) is 5.71 Å². The summed E-state index contributed by atoms with van der Waals surface area (Å²) in [5, 5.41) is 22.7. The highest BCUT2D eigenvalue weighted by molar-refractivity contribution is 6.51. The van der Waals surface area contributed by atoms with Crippen molar-refractivity contribution in [1.29, 1.82) is 16.1 Å². The van der Waals surface area contributed by atoms with E-state index in [9.17, 15) is 0 Å². The molecule has 0 heterocycles. The van der Waals surface area contributed by atoms with Crippen LogP contribution in [0.1, 0.15) is 0 Å². The van der Waals surface area contributed by atoms with Gasteiger partial charge in [-0.3, -0.25) is 10.8 Å². The number of nitrogens with zero attached hydrogens (tertiary/aromatic N) is 1. The Bertz CT molecular complexity index is 302. The molecule has 0 saturated carbocycles. The lowest BCUT2D eigenvalue weighted by molar-refractivity contribution is 1.46. The summed E-state index contributed by atoms with van der Waals surface area (Å²) in [6.45, 7) is 6.90. The summed E-state index contributed by atoms with van der Waals surface area (Å²) in [4.78, 5) is 0. The average Bonchev–Trinajstić information content (AvgIpc) is 2.11. The Labute approximate surface area is 71.4 Å². The van der Waals surface area contributed by atoms with Crippen molar-refractivity contribution < 1.29 is 0 Å². The first-order valence-electron chi connectivity index (χ1n) is 3.20. The van der Waals surface area contributed by atoms with Crippen LogP contribution in [-0.2, 0) is 0 Å². The van der Waals surface area contributed by atoms with Crippen molar-refractivity contribution >= 4 is 11.4 Å². The highest BCUT2D eigenvalue weighted by atomic mass is 14.5. The lowest BCUT2D eigenvalue weighted by Crippen LogP contribution is -2.10. The van der Waals surface area contributed by atoms with E-state index in [-0.39, 0.29) is 11.4 Å². The van der Waals surface area contributed by atoms with Gasteiger partial charge in [0, 0.05) is 5.57 Å². The maximum atomic E-state index is 8.32. The van der Waals surface area contributed by atoms with E-state index in [4.69, 9.17) is 16.1 Å². The molecule has 60 valence electrons. The second-order valence-corrected chi connectivity index (χ2v) is 1.92. The molecule has 0 aromatic carbocycles. The Hall–Kier alpha value is -1.95. The van der Waals surface area contributed by atoms with E-state index in [0.29, 0.717) is 5.57 Å². The molecule has 3 heteroatoms. The molecule has 0 aromatic rings. The van der Waals surface area contributed by atoms with Crippen molar-refractivity contribution in [3.05, 3.63) is 37.0 Å². The van der Waals surface area contributed by atoms with Crippen LogP contribution in [0.5, 0.6) is 0 Å². The molecule has 0 fully saturated rings. The van der Waals surface area contributed by atoms with E-state index in [2.05, 4.69) is 13.2 Å². The first kappa shape index (κ1) is 10.0. The molecule has 0 amide bonds. The fourth-order valence-corrected chi connectivity index (χ4v) is 0.581. The number of allylic oxidation sites excluding steroid dienone is 4. The maximum absolute atomic E-state index is 8.32. The van der Waals surface area contributed by atoms with Gasteiger partial charge in [0.05, 0.1) is 5.71 Å². The highest BCUT2D eigenvalue weighted by Gasteiger charge is 2.05. The fourth-order valence-electron chi connectivity index (χ4n) is 0.581. The summed E-state index contributed by atoms with van der Waals surface area (Å²) in [6.07, 6.45) is 4.42. The molecule has 2 N–H and O–H groups in total. The molecular weight excluding hydrogens is 150 g/mol. The molecule has 0 spiro atoms. The van der Waals surface area contributed by atoms with E-state index >= 15 is 0 Å². The lowest BCUT2D eigenvalue weighted by Gasteiger charge is -1.97. The molecule has 3 nitrogen and oxygen atoms in total. The van der Waals surface area contributed by atoms with Crippen LogP contribution in [0.25, 0.3) is 0 Å². The zero-order valence-electron chi connectivity index (χ0n) is 6.59. The Morgan fingerprint density at radius 1 is 1.33 bits per heavy atom. The molecule has 0 bridgehead atoms. The Morgan fingerprint density at radius 2 is 1.92 bits per heavy atom. The summed E-state index contributed by atoms with van der Waals surface area (Å²) in [5.41, 5.74) is -0.0769. The summed E-state index contributed by atoms with van der Waals surface area (Å²) in [7, 11) is 0. The summed E-state index contributed by atoms with van der Waals surface area (Å²) < 4.78 is 0. The number of nitrogens with one attached hydrogen (secondary N) is 2. The van der Waals surface area contributed by atoms with Gasteiger partial charge in [-0.15, -0.1) is 0 Å². The smallest absolute Gasteiger partial charge is 0.157 e. The van der Waals surface area contributed by atoms with Crippen molar-refractivity contribution in [2.75, 3.05) is 0 Å². The Morgan fingerprint density at radius 3 is 2.25 bits per heavy atom. The SMILES string of the molecule is C=C/C=C(\C=C)C(=N)C(=N)C#N. The average molecular weight is 159 g/mol. The Kier molecular flexibility index (Phi) is 4.02. The molecular formula is C9H9N3. The molecule has 0 aliphatic heterocycles. The molecule has 0 aliphatic rings. The Balaban J connectivity index is 4.80. The minimum atomic E-state index is -0.372. The van der Waals surface area contributed by atoms with Crippen molar-refractivity contribution in [3.63, 3.8) is 0 Å². The second kappa shape index (κ2) is 4.80. The molecule has 12 heavy (non-hydrogen) atoms. The van der Waals surface area contributed by atoms with Crippen LogP contribution in [0, 0.1) is 22.1 Å². The lowest BCUT2D eigenvalue weighted by atomic mass is 10.1. The van der Waals surface area contributed by atoms with Gasteiger partial charge in [-0.1, -0.05) is 31.4 Å². The standard InChI is InChI=1S/C9H9N3/c1-3-5-7(4-2)9(12)8(11)6-10/h3-5,11-12H,1-2H2/b7-5+,11-8?,12-9?. The first-order chi connectivity index (χ1) is 5.67. The van der Waals surface area contributed by atoms with E-state index in [1.54, 1.807) is 6.07 Å². The molecule has 0 radical (unpaired) electrons. The van der Waals surface area contributed by atoms with Crippen LogP contribution in [0.15, 0.2) is 37.0 Å². The van der Waals surface area contributed by atoms with Crippen molar-refractivity contribution in [1.82, 2.24) is 0 Å². The number of nitriles is 1. The second-order valence-electron chi connectivity index (χ2n) is 1.92. The summed E-state index contributed by atoms with van der Waals surface area (Å²) in [6, 6.07) is 1.57. The van der Waals surface area contributed by atoms with Gasteiger partial charge < -0.3 is 0 Å². The third kappa shape index (κ3) is 2.35. The third-order valence-electron chi connectivity index (χ3n) is 1.17. The predicted molar refractivity (Wildman–Crippen MR) is 49.5 cm³/mol. The van der Waals surface area contributed by atoms with Crippen LogP contribution >= 0.6 is 0 Å². The topological polar surface area (TPSA) is 71.5 Å². The zero-order chi connectivity index (χ0) is 9.56. The van der Waals surface area contributed by atoms with Crippen molar-refractivity contribution in [2.45, 2.75) is 0 Å². The fraction of sp³-hybridized carbons (Fsp3) is 0. The zero-order valence-corrected chi connectivity index (χ0v) is 6.59. The molecule has 0 rings (SSSR count). The first-order valence-corrected chi connectivity index (χ1v) is 3.20. The van der Waals surface area contributed by atoms with Crippen LogP contribution in [-0.4, -0.2) is 11.4 Å². The van der Waals surface area contributed by atoms with Gasteiger partial charge >= 0.3 is 0 Å².